The summed E-state index contributed by atoms with van der Waals surface area (Å²) in [4.78, 5) is 5.03. The summed E-state index contributed by atoms with van der Waals surface area (Å²) in [7, 11) is 0. The number of nitrogens with zero attached hydrogens (tertiary/aromatic N) is 1. The number of hydrogen-bond donors (Lipinski definition) is 0. The quantitative estimate of drug-likeness (QED) is 0.181. The molecule has 0 radical (unpaired) electrons. The van der Waals surface area contributed by atoms with Crippen LogP contribution < -0.4 is 0 Å². The topological polar surface area (TPSA) is 12.9 Å². The van der Waals surface area contributed by atoms with Crippen LogP contribution in [0, 0.1) is 0 Å². The van der Waals surface area contributed by atoms with Gasteiger partial charge in [-0.1, -0.05) is 140 Å². The van der Waals surface area contributed by atoms with Gasteiger partial charge < -0.3 is 0 Å². The van der Waals surface area contributed by atoms with E-state index < -0.39 is 0 Å². The summed E-state index contributed by atoms with van der Waals surface area (Å²) in [6.07, 6.45) is 1.97. The molecular weight excluding hydrogens is 587 g/mol. The van der Waals surface area contributed by atoms with Gasteiger partial charge in [-0.3, -0.25) is 4.98 Å². The van der Waals surface area contributed by atoms with Crippen molar-refractivity contribution in [1.29, 1.82) is 0 Å². The Kier molecular flexibility index (Phi) is 5.81. The number of pyridine rings is 1. The van der Waals surface area contributed by atoms with Crippen molar-refractivity contribution in [3.05, 3.63) is 164 Å². The van der Waals surface area contributed by atoms with Crippen molar-refractivity contribution >= 4 is 74.6 Å². The summed E-state index contributed by atoms with van der Waals surface area (Å²) in [5.74, 6) is 0. The number of benzene rings is 8. The highest BCUT2D eigenvalue weighted by Crippen LogP contribution is 2.48. The lowest BCUT2D eigenvalue weighted by atomic mass is 9.83. The third kappa shape index (κ3) is 3.99. The van der Waals surface area contributed by atoms with E-state index in [1.165, 1.54) is 85.5 Å². The molecule has 0 spiro atoms. The average Bonchev–Trinajstić information content (AvgIpc) is 3.52. The maximum atomic E-state index is 5.03. The molecule has 47 heavy (non-hydrogen) atoms. The van der Waals surface area contributed by atoms with Gasteiger partial charge in [-0.2, -0.15) is 0 Å². The summed E-state index contributed by atoms with van der Waals surface area (Å²) in [6.45, 7) is 0. The molecule has 1 nitrogen and oxygen atoms in total. The van der Waals surface area contributed by atoms with Crippen LogP contribution in [0.4, 0.5) is 0 Å². The maximum absolute atomic E-state index is 5.03. The van der Waals surface area contributed by atoms with Crippen molar-refractivity contribution in [3.63, 3.8) is 0 Å². The number of thiophene rings is 1. The normalized spacial score (nSPS) is 11.8. The number of aromatic nitrogens is 1. The van der Waals surface area contributed by atoms with Gasteiger partial charge in [-0.25, -0.2) is 0 Å². The molecule has 0 aliphatic carbocycles. The highest BCUT2D eigenvalue weighted by Gasteiger charge is 2.21. The smallest absolute Gasteiger partial charge is 0.0880 e. The van der Waals surface area contributed by atoms with Crippen molar-refractivity contribution in [2.24, 2.45) is 0 Å². The van der Waals surface area contributed by atoms with Crippen LogP contribution in [0.1, 0.15) is 0 Å². The Morgan fingerprint density at radius 1 is 0.383 bits per heavy atom. The molecule has 2 heteroatoms. The van der Waals surface area contributed by atoms with Gasteiger partial charge in [0.05, 0.1) is 10.4 Å². The monoisotopic (exact) mass is 613 g/mol. The fourth-order valence-corrected chi connectivity index (χ4v) is 8.86. The highest BCUT2D eigenvalue weighted by atomic mass is 32.1. The average molecular weight is 614 g/mol. The summed E-state index contributed by atoms with van der Waals surface area (Å²) >= 11 is 1.83. The molecule has 2 aromatic heterocycles. The zero-order chi connectivity index (χ0) is 30.9. The van der Waals surface area contributed by atoms with Crippen LogP contribution in [0.5, 0.6) is 0 Å². The minimum atomic E-state index is 1.04. The second-order valence-electron chi connectivity index (χ2n) is 12.2. The Morgan fingerprint density at radius 3 is 1.60 bits per heavy atom. The fraction of sp³-hybridized carbons (Fsp3) is 0. The van der Waals surface area contributed by atoms with Gasteiger partial charge in [0, 0.05) is 27.2 Å². The van der Waals surface area contributed by atoms with Crippen molar-refractivity contribution in [1.82, 2.24) is 4.98 Å². The lowest BCUT2D eigenvalue weighted by Gasteiger charge is -2.20. The van der Waals surface area contributed by atoms with Crippen LogP contribution >= 0.6 is 11.3 Å². The van der Waals surface area contributed by atoms with Crippen LogP contribution in [0.15, 0.2) is 164 Å². The first kappa shape index (κ1) is 26.4. The Balaban J connectivity index is 1.38. The molecule has 218 valence electrons. The molecule has 10 aromatic rings. The van der Waals surface area contributed by atoms with E-state index in [2.05, 4.69) is 158 Å². The van der Waals surface area contributed by atoms with E-state index in [0.29, 0.717) is 0 Å². The van der Waals surface area contributed by atoms with Crippen molar-refractivity contribution in [2.45, 2.75) is 0 Å². The number of rotatable bonds is 3. The van der Waals surface area contributed by atoms with Crippen LogP contribution in [0.2, 0.25) is 0 Å². The molecule has 0 aliphatic heterocycles. The van der Waals surface area contributed by atoms with Gasteiger partial charge in [0.2, 0.25) is 0 Å². The van der Waals surface area contributed by atoms with E-state index in [-0.39, 0.29) is 0 Å². The SMILES string of the molecule is c1ccc2c(-c3c4ccccc4c(-c4cccc5ccccc45)c4cc(-c5nccc6c5sc5ccccc56)ccc34)cccc2c1. The first-order valence-electron chi connectivity index (χ1n) is 16.0. The molecular formula is C45H27NS. The molecule has 10 rings (SSSR count). The van der Waals surface area contributed by atoms with Gasteiger partial charge in [0.1, 0.15) is 0 Å². The lowest BCUT2D eigenvalue weighted by molar-refractivity contribution is 1.37. The molecule has 0 aliphatic rings. The molecule has 0 N–H and O–H groups in total. The van der Waals surface area contributed by atoms with E-state index in [9.17, 15) is 0 Å². The van der Waals surface area contributed by atoms with Gasteiger partial charge in [-0.15, -0.1) is 11.3 Å². The van der Waals surface area contributed by atoms with Gasteiger partial charge >= 0.3 is 0 Å². The summed E-state index contributed by atoms with van der Waals surface area (Å²) in [5.41, 5.74) is 7.22. The largest absolute Gasteiger partial charge is 0.255 e. The number of hydrogen-bond acceptors (Lipinski definition) is 2. The molecule has 0 saturated carbocycles. The van der Waals surface area contributed by atoms with Gasteiger partial charge in [0.25, 0.3) is 0 Å². The second kappa shape index (κ2) is 10.3. The number of fused-ring (bicyclic) bond motifs is 7. The Bertz CT molecular complexity index is 2850. The molecule has 2 heterocycles. The lowest BCUT2D eigenvalue weighted by Crippen LogP contribution is -1.93. The van der Waals surface area contributed by atoms with Gasteiger partial charge in [-0.05, 0) is 83.5 Å². The standard InChI is InChI=1S/C45H27NS/c1-3-15-31-28(11-1)13-9-20-34(31)42-36-18-5-6-19-37(36)43(35-21-10-14-29-12-2-4-16-32(29)35)40-27-30(23-24-38(40)42)44-45-39(25-26-46-44)33-17-7-8-22-41(33)47-45/h1-27H. The van der Waals surface area contributed by atoms with Crippen LogP contribution in [0.25, 0.3) is 96.8 Å². The second-order valence-corrected chi connectivity index (χ2v) is 13.3. The third-order valence-corrected chi connectivity index (χ3v) is 10.9. The van der Waals surface area contributed by atoms with Crippen LogP contribution in [-0.2, 0) is 0 Å². The molecule has 0 saturated heterocycles. The molecule has 8 aromatic carbocycles. The first-order valence-corrected chi connectivity index (χ1v) is 16.9. The highest BCUT2D eigenvalue weighted by molar-refractivity contribution is 7.26. The molecule has 0 amide bonds. The Labute approximate surface area is 276 Å². The first-order chi connectivity index (χ1) is 23.3. The van der Waals surface area contributed by atoms with Crippen LogP contribution in [-0.4, -0.2) is 4.98 Å². The van der Waals surface area contributed by atoms with Crippen molar-refractivity contribution in [2.75, 3.05) is 0 Å². The van der Waals surface area contributed by atoms with E-state index in [4.69, 9.17) is 4.98 Å². The van der Waals surface area contributed by atoms with Crippen LogP contribution in [0.3, 0.4) is 0 Å². The molecule has 0 atom stereocenters. The summed E-state index contributed by atoms with van der Waals surface area (Å²) in [6, 6.07) is 57.7. The molecule has 0 unspecified atom stereocenters. The van der Waals surface area contributed by atoms with E-state index in [1.807, 2.05) is 17.5 Å². The minimum absolute atomic E-state index is 1.04. The van der Waals surface area contributed by atoms with E-state index in [1.54, 1.807) is 0 Å². The zero-order valence-electron chi connectivity index (χ0n) is 25.4. The molecule has 0 fully saturated rings. The summed E-state index contributed by atoms with van der Waals surface area (Å²) in [5, 5.41) is 12.6. The van der Waals surface area contributed by atoms with E-state index >= 15 is 0 Å². The Hall–Kier alpha value is -5.83. The fourth-order valence-electron chi connectivity index (χ4n) is 7.65. The molecule has 0 bridgehead atoms. The third-order valence-electron chi connectivity index (χ3n) is 9.71. The van der Waals surface area contributed by atoms with Crippen molar-refractivity contribution in [3.8, 4) is 33.5 Å². The minimum Gasteiger partial charge on any atom is -0.255 e. The predicted molar refractivity (Wildman–Crippen MR) is 203 cm³/mol. The zero-order valence-corrected chi connectivity index (χ0v) is 26.3. The van der Waals surface area contributed by atoms with Crippen molar-refractivity contribution < 1.29 is 0 Å². The maximum Gasteiger partial charge on any atom is 0.0880 e. The van der Waals surface area contributed by atoms with E-state index in [0.717, 1.165) is 11.3 Å². The summed E-state index contributed by atoms with van der Waals surface area (Å²) < 4.78 is 2.52. The predicted octanol–water partition coefficient (Wildman–Crippen LogP) is 13.1. The van der Waals surface area contributed by atoms with Gasteiger partial charge in [0.15, 0.2) is 0 Å². The Morgan fingerprint density at radius 2 is 0.915 bits per heavy atom.